The Labute approximate surface area is 152 Å². The minimum absolute atomic E-state index is 0.305. The molecule has 7 nitrogen and oxygen atoms in total. The summed E-state index contributed by atoms with van der Waals surface area (Å²) in [4.78, 5) is 20.1. The van der Waals surface area contributed by atoms with E-state index in [4.69, 9.17) is 9.47 Å². The molecule has 0 bridgehead atoms. The third-order valence-electron chi connectivity index (χ3n) is 4.17. The fourth-order valence-corrected chi connectivity index (χ4v) is 2.87. The number of fused-ring (bicyclic) bond motifs is 3. The third kappa shape index (κ3) is 2.91. The summed E-state index contributed by atoms with van der Waals surface area (Å²) in [5.74, 6) is 0.709. The SMILES string of the molecule is COc1cc2[nH]c3c(=O)n(/N=C/c4cccc(F)c4)cnc3c2cc1OC. The number of aromatic amines is 1. The number of hydrogen-bond donors (Lipinski definition) is 1. The summed E-state index contributed by atoms with van der Waals surface area (Å²) < 4.78 is 24.9. The summed E-state index contributed by atoms with van der Waals surface area (Å²) in [6.07, 6.45) is 2.72. The van der Waals surface area contributed by atoms with Gasteiger partial charge in [0.25, 0.3) is 5.56 Å². The Morgan fingerprint density at radius 2 is 1.96 bits per heavy atom. The molecule has 0 saturated carbocycles. The van der Waals surface area contributed by atoms with Crippen molar-refractivity contribution < 1.29 is 13.9 Å². The number of aromatic nitrogens is 3. The number of H-pyrrole nitrogens is 1. The quantitative estimate of drug-likeness (QED) is 0.563. The van der Waals surface area contributed by atoms with E-state index in [1.807, 2.05) is 0 Å². The number of halogens is 1. The molecule has 27 heavy (non-hydrogen) atoms. The summed E-state index contributed by atoms with van der Waals surface area (Å²) in [5, 5.41) is 4.82. The van der Waals surface area contributed by atoms with Crippen molar-refractivity contribution in [3.63, 3.8) is 0 Å². The van der Waals surface area contributed by atoms with Crippen molar-refractivity contribution in [1.29, 1.82) is 0 Å². The minimum Gasteiger partial charge on any atom is -0.493 e. The molecule has 1 N–H and O–H groups in total. The van der Waals surface area contributed by atoms with Gasteiger partial charge in [-0.05, 0) is 23.8 Å². The van der Waals surface area contributed by atoms with Crippen LogP contribution in [0.1, 0.15) is 5.56 Å². The first kappa shape index (κ1) is 16.8. The summed E-state index contributed by atoms with van der Waals surface area (Å²) in [6, 6.07) is 9.42. The largest absolute Gasteiger partial charge is 0.493 e. The number of hydrogen-bond acceptors (Lipinski definition) is 5. The summed E-state index contributed by atoms with van der Waals surface area (Å²) in [5.41, 5.74) is 1.67. The highest BCUT2D eigenvalue weighted by Gasteiger charge is 2.14. The van der Waals surface area contributed by atoms with E-state index >= 15 is 0 Å². The van der Waals surface area contributed by atoms with Crippen molar-refractivity contribution in [3.8, 4) is 11.5 Å². The van der Waals surface area contributed by atoms with Gasteiger partial charge in [0.2, 0.25) is 0 Å². The van der Waals surface area contributed by atoms with Crippen LogP contribution in [0.5, 0.6) is 11.5 Å². The Kier molecular flexibility index (Phi) is 4.08. The first-order chi connectivity index (χ1) is 13.1. The average Bonchev–Trinajstić information content (AvgIpc) is 3.04. The van der Waals surface area contributed by atoms with Gasteiger partial charge in [-0.15, -0.1) is 0 Å². The molecule has 136 valence electrons. The highest BCUT2D eigenvalue weighted by molar-refractivity contribution is 6.05. The molecule has 0 fully saturated rings. The van der Waals surface area contributed by atoms with Gasteiger partial charge in [0.15, 0.2) is 11.5 Å². The van der Waals surface area contributed by atoms with Gasteiger partial charge in [0, 0.05) is 11.5 Å². The van der Waals surface area contributed by atoms with Crippen LogP contribution in [0.4, 0.5) is 4.39 Å². The third-order valence-corrected chi connectivity index (χ3v) is 4.17. The zero-order chi connectivity index (χ0) is 19.0. The van der Waals surface area contributed by atoms with Crippen LogP contribution in [0.25, 0.3) is 21.9 Å². The molecule has 8 heteroatoms. The maximum atomic E-state index is 13.3. The van der Waals surface area contributed by atoms with Crippen LogP contribution in [0.3, 0.4) is 0 Å². The lowest BCUT2D eigenvalue weighted by Gasteiger charge is -2.06. The predicted molar refractivity (Wildman–Crippen MR) is 100 cm³/mol. The second kappa shape index (κ2) is 6.56. The van der Waals surface area contributed by atoms with E-state index in [1.54, 1.807) is 38.5 Å². The van der Waals surface area contributed by atoms with E-state index in [2.05, 4.69) is 15.1 Å². The van der Waals surface area contributed by atoms with Crippen LogP contribution in [0.2, 0.25) is 0 Å². The monoisotopic (exact) mass is 366 g/mol. The van der Waals surface area contributed by atoms with Gasteiger partial charge in [0.1, 0.15) is 23.2 Å². The van der Waals surface area contributed by atoms with Gasteiger partial charge < -0.3 is 14.5 Å². The van der Waals surface area contributed by atoms with Crippen molar-refractivity contribution in [2.45, 2.75) is 0 Å². The molecule has 0 aliphatic rings. The minimum atomic E-state index is -0.376. The van der Waals surface area contributed by atoms with Crippen molar-refractivity contribution in [2.75, 3.05) is 14.2 Å². The van der Waals surface area contributed by atoms with Crippen LogP contribution < -0.4 is 15.0 Å². The molecule has 0 unspecified atom stereocenters. The van der Waals surface area contributed by atoms with Crippen LogP contribution in [-0.4, -0.2) is 35.1 Å². The zero-order valence-corrected chi connectivity index (χ0v) is 14.6. The first-order valence-electron chi connectivity index (χ1n) is 8.05. The fourth-order valence-electron chi connectivity index (χ4n) is 2.87. The second-order valence-corrected chi connectivity index (χ2v) is 5.80. The van der Waals surface area contributed by atoms with E-state index in [0.29, 0.717) is 33.6 Å². The van der Waals surface area contributed by atoms with E-state index in [0.717, 1.165) is 10.1 Å². The van der Waals surface area contributed by atoms with Gasteiger partial charge in [-0.2, -0.15) is 9.78 Å². The first-order valence-corrected chi connectivity index (χ1v) is 8.05. The van der Waals surface area contributed by atoms with Gasteiger partial charge in [-0.3, -0.25) is 4.79 Å². The van der Waals surface area contributed by atoms with Crippen molar-refractivity contribution in [2.24, 2.45) is 5.10 Å². The molecule has 2 aromatic carbocycles. The second-order valence-electron chi connectivity index (χ2n) is 5.80. The smallest absolute Gasteiger partial charge is 0.298 e. The molecule has 0 saturated heterocycles. The fraction of sp³-hybridized carbons (Fsp3) is 0.105. The molecule has 0 radical (unpaired) electrons. The van der Waals surface area contributed by atoms with Crippen molar-refractivity contribution in [3.05, 3.63) is 64.5 Å². The molecule has 0 spiro atoms. The summed E-state index contributed by atoms with van der Waals surface area (Å²) in [6.45, 7) is 0. The van der Waals surface area contributed by atoms with E-state index in [-0.39, 0.29) is 11.4 Å². The molecule has 0 aliphatic heterocycles. The maximum Gasteiger partial charge on any atom is 0.298 e. The number of benzene rings is 2. The van der Waals surface area contributed by atoms with Crippen molar-refractivity contribution >= 4 is 28.2 Å². The van der Waals surface area contributed by atoms with E-state index < -0.39 is 0 Å². The molecule has 0 amide bonds. The predicted octanol–water partition coefficient (Wildman–Crippen LogP) is 2.92. The number of nitrogens with one attached hydrogen (secondary N) is 1. The molecule has 0 atom stereocenters. The zero-order valence-electron chi connectivity index (χ0n) is 14.6. The molecule has 2 heterocycles. The standard InChI is InChI=1S/C19H15FN4O3/c1-26-15-7-13-14(8-16(15)27-2)23-18-17(13)21-10-24(19(18)25)22-9-11-4-3-5-12(20)6-11/h3-10,23H,1-2H3/b22-9+. The average molecular weight is 366 g/mol. The molecule has 4 aromatic rings. The summed E-state index contributed by atoms with van der Waals surface area (Å²) in [7, 11) is 3.08. The topological polar surface area (TPSA) is 81.5 Å². The Morgan fingerprint density at radius 3 is 2.70 bits per heavy atom. The molecule has 2 aromatic heterocycles. The summed E-state index contributed by atoms with van der Waals surface area (Å²) >= 11 is 0. The van der Waals surface area contributed by atoms with Gasteiger partial charge in [-0.25, -0.2) is 9.37 Å². The number of ether oxygens (including phenoxy) is 2. The van der Waals surface area contributed by atoms with Crippen LogP contribution in [-0.2, 0) is 0 Å². The number of methoxy groups -OCH3 is 2. The Bertz CT molecular complexity index is 1240. The lowest BCUT2D eigenvalue weighted by molar-refractivity contribution is 0.356. The van der Waals surface area contributed by atoms with Crippen molar-refractivity contribution in [1.82, 2.24) is 14.6 Å². The number of nitrogens with zero attached hydrogens (tertiary/aromatic N) is 3. The van der Waals surface area contributed by atoms with Crippen LogP contribution >= 0.6 is 0 Å². The Balaban J connectivity index is 1.84. The lowest BCUT2D eigenvalue weighted by Crippen LogP contribution is -2.17. The Hall–Kier alpha value is -3.68. The highest BCUT2D eigenvalue weighted by Crippen LogP contribution is 2.34. The maximum absolute atomic E-state index is 13.3. The molecule has 4 rings (SSSR count). The van der Waals surface area contributed by atoms with Gasteiger partial charge in [-0.1, -0.05) is 12.1 Å². The molecular formula is C19H15FN4O3. The highest BCUT2D eigenvalue weighted by atomic mass is 19.1. The number of rotatable bonds is 4. The Morgan fingerprint density at radius 1 is 1.19 bits per heavy atom. The van der Waals surface area contributed by atoms with Gasteiger partial charge in [0.05, 0.1) is 26.0 Å². The van der Waals surface area contributed by atoms with Crippen LogP contribution in [0.15, 0.2) is 52.6 Å². The van der Waals surface area contributed by atoms with E-state index in [1.165, 1.54) is 24.7 Å². The van der Waals surface area contributed by atoms with E-state index in [9.17, 15) is 9.18 Å². The molecular weight excluding hydrogens is 351 g/mol. The van der Waals surface area contributed by atoms with Gasteiger partial charge >= 0.3 is 0 Å². The van der Waals surface area contributed by atoms with Crippen LogP contribution in [0, 0.1) is 5.82 Å². The normalized spacial score (nSPS) is 11.5. The molecule has 0 aliphatic carbocycles. The lowest BCUT2D eigenvalue weighted by atomic mass is 10.2.